The monoisotopic (exact) mass is 797 g/mol. The van der Waals surface area contributed by atoms with Crippen molar-refractivity contribution in [2.45, 2.75) is 29.6 Å². The van der Waals surface area contributed by atoms with E-state index in [1.807, 2.05) is 29.2 Å². The van der Waals surface area contributed by atoms with E-state index in [1.165, 1.54) is 16.6 Å². The highest BCUT2D eigenvalue weighted by atomic mass is 35.5. The Bertz CT molecular complexity index is 1920. The maximum absolute atomic E-state index is 16.0. The second-order valence-electron chi connectivity index (χ2n) is 13.1. The summed E-state index contributed by atoms with van der Waals surface area (Å²) in [7, 11) is -7.55. The Balaban J connectivity index is 1.50. The molecule has 0 radical (unpaired) electrons. The summed E-state index contributed by atoms with van der Waals surface area (Å²) in [4.78, 5) is 18.3. The maximum Gasteiger partial charge on any atom is 0.262 e. The SMILES string of the molecule is CCOc1cc(F)c(S(=O)(=O)N2CCOCC2)cc1C1(C(=O)N2CCN(CCS(C)(=O)=O)CC2)N[C@H](c2ccc(Cl)cc2)[C@H](c2ccc(Cl)cc2)N1. The summed E-state index contributed by atoms with van der Waals surface area (Å²) < 4.78 is 80.2. The van der Waals surface area contributed by atoms with E-state index in [1.54, 1.807) is 36.1 Å². The Morgan fingerprint density at radius 3 is 1.92 bits per heavy atom. The van der Waals surface area contributed by atoms with Crippen LogP contribution >= 0.6 is 23.2 Å². The van der Waals surface area contributed by atoms with Gasteiger partial charge in [0.05, 0.1) is 37.7 Å². The second-order valence-corrected chi connectivity index (χ2v) is 18.1. The third kappa shape index (κ3) is 8.27. The molecule has 3 aromatic rings. The van der Waals surface area contributed by atoms with Gasteiger partial charge in [0.2, 0.25) is 10.0 Å². The summed E-state index contributed by atoms with van der Waals surface area (Å²) in [5, 5.41) is 8.13. The van der Waals surface area contributed by atoms with Crippen molar-refractivity contribution >= 4 is 49.0 Å². The molecule has 1 unspecified atom stereocenters. The fourth-order valence-corrected chi connectivity index (χ4v) is 9.22. The molecule has 3 fully saturated rings. The zero-order chi connectivity index (χ0) is 37.3. The average Bonchev–Trinajstić information content (AvgIpc) is 3.53. The molecule has 0 spiro atoms. The summed E-state index contributed by atoms with van der Waals surface area (Å²) in [6.07, 6.45) is 1.19. The van der Waals surface area contributed by atoms with Crippen molar-refractivity contribution < 1.29 is 35.5 Å². The van der Waals surface area contributed by atoms with Gasteiger partial charge in [-0.1, -0.05) is 47.5 Å². The van der Waals surface area contributed by atoms with Gasteiger partial charge < -0.3 is 14.4 Å². The zero-order valence-corrected chi connectivity index (χ0v) is 32.0. The first kappa shape index (κ1) is 38.9. The van der Waals surface area contributed by atoms with Crippen LogP contribution < -0.4 is 15.4 Å². The van der Waals surface area contributed by atoms with Crippen molar-refractivity contribution in [1.29, 1.82) is 0 Å². The Kier molecular flexibility index (Phi) is 11.8. The first-order valence-corrected chi connectivity index (χ1v) is 21.3. The van der Waals surface area contributed by atoms with Crippen LogP contribution in [0.25, 0.3) is 0 Å². The quantitative estimate of drug-likeness (QED) is 0.297. The van der Waals surface area contributed by atoms with Crippen LogP contribution in [0, 0.1) is 5.82 Å². The Hall–Kier alpha value is -2.86. The third-order valence-electron chi connectivity index (χ3n) is 9.62. The highest BCUT2D eigenvalue weighted by molar-refractivity contribution is 7.90. The molecule has 6 rings (SSSR count). The van der Waals surface area contributed by atoms with Gasteiger partial charge in [-0.15, -0.1) is 0 Å². The molecule has 0 aliphatic carbocycles. The zero-order valence-electron chi connectivity index (χ0n) is 28.9. The Labute approximate surface area is 314 Å². The number of halogens is 3. The van der Waals surface area contributed by atoms with Crippen molar-refractivity contribution in [3.05, 3.63) is 93.2 Å². The normalized spacial score (nSPS) is 23.5. The lowest BCUT2D eigenvalue weighted by atomic mass is 9.95. The van der Waals surface area contributed by atoms with Crippen LogP contribution in [0.5, 0.6) is 5.75 Å². The van der Waals surface area contributed by atoms with Gasteiger partial charge in [-0.05, 0) is 48.4 Å². The van der Waals surface area contributed by atoms with E-state index < -0.39 is 54.2 Å². The van der Waals surface area contributed by atoms with Crippen LogP contribution in [0.2, 0.25) is 10.0 Å². The van der Waals surface area contributed by atoms with Crippen molar-refractivity contribution in [2.75, 3.05) is 77.6 Å². The van der Waals surface area contributed by atoms with Crippen LogP contribution in [-0.4, -0.2) is 114 Å². The molecule has 12 nitrogen and oxygen atoms in total. The van der Waals surface area contributed by atoms with Crippen molar-refractivity contribution in [2.24, 2.45) is 0 Å². The number of amides is 1. The number of ether oxygens (including phenoxy) is 2. The first-order valence-electron chi connectivity index (χ1n) is 17.0. The number of carbonyl (C=O) groups excluding carboxylic acids is 1. The van der Waals surface area contributed by atoms with E-state index in [9.17, 15) is 16.8 Å². The number of piperazine rings is 1. The minimum Gasteiger partial charge on any atom is -0.493 e. The van der Waals surface area contributed by atoms with Gasteiger partial charge in [-0.25, -0.2) is 21.2 Å². The van der Waals surface area contributed by atoms with E-state index in [-0.39, 0.29) is 63.1 Å². The molecule has 0 bridgehead atoms. The molecule has 0 aromatic heterocycles. The Morgan fingerprint density at radius 1 is 0.885 bits per heavy atom. The number of hydrogen-bond acceptors (Lipinski definition) is 10. The maximum atomic E-state index is 16.0. The molecule has 3 atom stereocenters. The van der Waals surface area contributed by atoms with Crippen LogP contribution in [0.4, 0.5) is 4.39 Å². The largest absolute Gasteiger partial charge is 0.493 e. The predicted octanol–water partition coefficient (Wildman–Crippen LogP) is 3.57. The standard InChI is InChI=1S/C35H42Cl2FN5O7S2/c1-3-50-30-23-29(38)31(52(47,48)43-16-19-49-20-17-43)22-28(30)35(34(44)42-14-12-41(13-15-42)18-21-51(2,45)46)39-32(24-4-8-26(36)9-5-24)33(40-35)25-6-10-27(37)11-7-25/h4-11,22-23,32-33,39-40H,3,12-21H2,1-2H3/t32-,33+,35?. The minimum absolute atomic E-state index is 0.00672. The summed E-state index contributed by atoms with van der Waals surface area (Å²) in [6, 6.07) is 15.4. The van der Waals surface area contributed by atoms with E-state index >= 15 is 9.18 Å². The fourth-order valence-electron chi connectivity index (χ4n) is 6.89. The van der Waals surface area contributed by atoms with Gasteiger partial charge in [-0.3, -0.25) is 20.3 Å². The van der Waals surface area contributed by atoms with E-state index in [0.717, 1.165) is 17.2 Å². The summed E-state index contributed by atoms with van der Waals surface area (Å²) in [5.74, 6) is -1.46. The van der Waals surface area contributed by atoms with E-state index in [2.05, 4.69) is 10.6 Å². The molecule has 52 heavy (non-hydrogen) atoms. The molecule has 3 aliphatic heterocycles. The smallest absolute Gasteiger partial charge is 0.262 e. The van der Waals surface area contributed by atoms with Crippen LogP contribution in [-0.2, 0) is 35.1 Å². The Morgan fingerprint density at radius 2 is 1.42 bits per heavy atom. The predicted molar refractivity (Wildman–Crippen MR) is 196 cm³/mol. The van der Waals surface area contributed by atoms with Crippen molar-refractivity contribution in [1.82, 2.24) is 24.7 Å². The minimum atomic E-state index is -4.36. The number of benzene rings is 3. The van der Waals surface area contributed by atoms with Gasteiger partial charge in [0.1, 0.15) is 26.3 Å². The topological polar surface area (TPSA) is 138 Å². The van der Waals surface area contributed by atoms with Crippen LogP contribution in [0.3, 0.4) is 0 Å². The van der Waals surface area contributed by atoms with Crippen LogP contribution in [0.1, 0.15) is 35.7 Å². The fraction of sp³-hybridized carbons (Fsp3) is 0.457. The van der Waals surface area contributed by atoms with E-state index in [0.29, 0.717) is 29.7 Å². The summed E-state index contributed by atoms with van der Waals surface area (Å²) >= 11 is 12.6. The number of morpholine rings is 1. The third-order valence-corrected chi connectivity index (χ3v) is 13.0. The lowest BCUT2D eigenvalue weighted by molar-refractivity contribution is -0.141. The summed E-state index contributed by atoms with van der Waals surface area (Å²) in [5.41, 5.74) is -0.184. The molecule has 282 valence electrons. The number of hydrogen-bond donors (Lipinski definition) is 2. The highest BCUT2D eigenvalue weighted by Crippen LogP contribution is 2.46. The molecule has 3 heterocycles. The molecule has 3 saturated heterocycles. The average molecular weight is 799 g/mol. The number of nitrogens with one attached hydrogen (secondary N) is 2. The number of nitrogens with zero attached hydrogens (tertiary/aromatic N) is 3. The molecule has 1 amide bonds. The van der Waals surface area contributed by atoms with Crippen molar-refractivity contribution in [3.63, 3.8) is 0 Å². The van der Waals surface area contributed by atoms with Gasteiger partial charge in [0, 0.05) is 73.7 Å². The van der Waals surface area contributed by atoms with Gasteiger partial charge >= 0.3 is 0 Å². The first-order chi connectivity index (χ1) is 24.7. The number of sulfone groups is 1. The van der Waals surface area contributed by atoms with Gasteiger partial charge in [-0.2, -0.15) is 4.31 Å². The summed E-state index contributed by atoms with van der Waals surface area (Å²) in [6.45, 7) is 3.92. The van der Waals surface area contributed by atoms with Crippen LogP contribution in [0.15, 0.2) is 65.6 Å². The molecule has 2 N–H and O–H groups in total. The lowest BCUT2D eigenvalue weighted by Crippen LogP contribution is -2.62. The lowest BCUT2D eigenvalue weighted by Gasteiger charge is -2.41. The van der Waals surface area contributed by atoms with Gasteiger partial charge in [0.25, 0.3) is 5.91 Å². The van der Waals surface area contributed by atoms with E-state index in [4.69, 9.17) is 32.7 Å². The molecule has 17 heteroatoms. The molecule has 3 aliphatic rings. The number of sulfonamides is 1. The van der Waals surface area contributed by atoms with Crippen molar-refractivity contribution in [3.8, 4) is 5.75 Å². The molecule has 0 saturated carbocycles. The number of rotatable bonds is 11. The number of carbonyl (C=O) groups is 1. The van der Waals surface area contributed by atoms with Gasteiger partial charge in [0.15, 0.2) is 5.66 Å². The molecular weight excluding hydrogens is 756 g/mol. The second kappa shape index (κ2) is 15.9. The highest BCUT2D eigenvalue weighted by Gasteiger charge is 2.55. The molecule has 3 aromatic carbocycles. The molecular formula is C35H42Cl2FN5O7S2.